The average Bonchev–Trinajstić information content (AvgIpc) is 2.49. The second kappa shape index (κ2) is 6.99. The molecule has 0 unspecified atom stereocenters. The summed E-state index contributed by atoms with van der Waals surface area (Å²) in [6.07, 6.45) is 0.481. The zero-order valence-electron chi connectivity index (χ0n) is 12.0. The molecule has 1 amide bonds. The topological polar surface area (TPSA) is 55.1 Å². The standard InChI is InChI=1S/C17H19FN2O/c1-12-7-8-14(9-15(12)18)11-20-17(21)16(19)10-13-5-3-2-4-6-13/h2-9,16H,10-11,19H2,1H3,(H,20,21)/t16-/m0/s1. The molecule has 110 valence electrons. The molecule has 1 atom stereocenters. The molecule has 0 aliphatic heterocycles. The van der Waals surface area contributed by atoms with E-state index in [9.17, 15) is 9.18 Å². The minimum atomic E-state index is -0.609. The van der Waals surface area contributed by atoms with Gasteiger partial charge in [-0.05, 0) is 36.1 Å². The molecular formula is C17H19FN2O. The van der Waals surface area contributed by atoms with Crippen molar-refractivity contribution in [1.82, 2.24) is 5.32 Å². The van der Waals surface area contributed by atoms with E-state index in [4.69, 9.17) is 5.73 Å². The van der Waals surface area contributed by atoms with Crippen LogP contribution >= 0.6 is 0 Å². The maximum absolute atomic E-state index is 13.4. The number of amides is 1. The van der Waals surface area contributed by atoms with Crippen molar-refractivity contribution in [3.05, 3.63) is 71.0 Å². The predicted molar refractivity (Wildman–Crippen MR) is 81.1 cm³/mol. The first-order chi connectivity index (χ1) is 10.1. The largest absolute Gasteiger partial charge is 0.351 e. The van der Waals surface area contributed by atoms with Crippen LogP contribution < -0.4 is 11.1 Å². The fraction of sp³-hybridized carbons (Fsp3) is 0.235. The molecule has 0 aliphatic carbocycles. The number of carbonyl (C=O) groups is 1. The van der Waals surface area contributed by atoms with Gasteiger partial charge in [0.1, 0.15) is 5.82 Å². The van der Waals surface area contributed by atoms with Gasteiger partial charge < -0.3 is 11.1 Å². The molecule has 0 bridgehead atoms. The number of hydrogen-bond acceptors (Lipinski definition) is 2. The molecule has 2 rings (SSSR count). The van der Waals surface area contributed by atoms with Gasteiger partial charge in [-0.15, -0.1) is 0 Å². The highest BCUT2D eigenvalue weighted by molar-refractivity contribution is 5.81. The van der Waals surface area contributed by atoms with Gasteiger partial charge in [-0.3, -0.25) is 4.79 Å². The number of nitrogens with two attached hydrogens (primary N) is 1. The lowest BCUT2D eigenvalue weighted by Crippen LogP contribution is -2.41. The number of aryl methyl sites for hydroxylation is 1. The Labute approximate surface area is 124 Å². The van der Waals surface area contributed by atoms with Crippen molar-refractivity contribution in [3.8, 4) is 0 Å². The Morgan fingerprint density at radius 1 is 1.19 bits per heavy atom. The van der Waals surface area contributed by atoms with Crippen LogP contribution in [0, 0.1) is 12.7 Å². The van der Waals surface area contributed by atoms with E-state index in [1.807, 2.05) is 30.3 Å². The van der Waals surface area contributed by atoms with E-state index in [0.29, 0.717) is 12.0 Å². The van der Waals surface area contributed by atoms with Crippen LogP contribution in [0.25, 0.3) is 0 Å². The minimum Gasteiger partial charge on any atom is -0.351 e. The zero-order chi connectivity index (χ0) is 15.2. The average molecular weight is 286 g/mol. The first kappa shape index (κ1) is 15.2. The van der Waals surface area contributed by atoms with Crippen molar-refractivity contribution in [3.63, 3.8) is 0 Å². The van der Waals surface area contributed by atoms with Crippen LogP contribution in [0.5, 0.6) is 0 Å². The molecule has 3 nitrogen and oxygen atoms in total. The lowest BCUT2D eigenvalue weighted by Gasteiger charge is -2.12. The van der Waals surface area contributed by atoms with Gasteiger partial charge in [0.05, 0.1) is 6.04 Å². The number of hydrogen-bond donors (Lipinski definition) is 2. The van der Waals surface area contributed by atoms with E-state index in [0.717, 1.165) is 11.1 Å². The van der Waals surface area contributed by atoms with Crippen LogP contribution in [-0.2, 0) is 17.8 Å². The Balaban J connectivity index is 1.87. The summed E-state index contributed by atoms with van der Waals surface area (Å²) in [5, 5.41) is 2.74. The molecule has 0 saturated heterocycles. The van der Waals surface area contributed by atoms with Gasteiger partial charge in [0.2, 0.25) is 5.91 Å². The highest BCUT2D eigenvalue weighted by atomic mass is 19.1. The Morgan fingerprint density at radius 3 is 2.57 bits per heavy atom. The monoisotopic (exact) mass is 286 g/mol. The van der Waals surface area contributed by atoms with Gasteiger partial charge in [-0.2, -0.15) is 0 Å². The molecule has 0 radical (unpaired) electrons. The van der Waals surface area contributed by atoms with Crippen LogP contribution in [0.1, 0.15) is 16.7 Å². The lowest BCUT2D eigenvalue weighted by molar-refractivity contribution is -0.122. The molecule has 0 aromatic heterocycles. The highest BCUT2D eigenvalue weighted by Crippen LogP contribution is 2.09. The maximum atomic E-state index is 13.4. The number of benzene rings is 2. The van der Waals surface area contributed by atoms with Gasteiger partial charge >= 0.3 is 0 Å². The van der Waals surface area contributed by atoms with Crippen LogP contribution in [0.2, 0.25) is 0 Å². The molecule has 0 fully saturated rings. The number of halogens is 1. The van der Waals surface area contributed by atoms with E-state index >= 15 is 0 Å². The summed E-state index contributed by atoms with van der Waals surface area (Å²) in [7, 11) is 0. The van der Waals surface area contributed by atoms with Crippen molar-refractivity contribution < 1.29 is 9.18 Å². The maximum Gasteiger partial charge on any atom is 0.237 e. The van der Waals surface area contributed by atoms with Crippen molar-refractivity contribution in [1.29, 1.82) is 0 Å². The smallest absolute Gasteiger partial charge is 0.237 e. The van der Waals surface area contributed by atoms with E-state index in [-0.39, 0.29) is 18.3 Å². The van der Waals surface area contributed by atoms with E-state index in [1.165, 1.54) is 6.07 Å². The minimum absolute atomic E-state index is 0.236. The Hall–Kier alpha value is -2.20. The normalized spacial score (nSPS) is 12.0. The van der Waals surface area contributed by atoms with Gasteiger partial charge in [-0.1, -0.05) is 42.5 Å². The molecule has 21 heavy (non-hydrogen) atoms. The molecule has 0 saturated carbocycles. The van der Waals surface area contributed by atoms with Crippen LogP contribution in [-0.4, -0.2) is 11.9 Å². The lowest BCUT2D eigenvalue weighted by atomic mass is 10.1. The summed E-state index contributed by atoms with van der Waals surface area (Å²) in [5.74, 6) is -0.504. The van der Waals surface area contributed by atoms with Gasteiger partial charge in [0.15, 0.2) is 0 Å². The van der Waals surface area contributed by atoms with Crippen LogP contribution in [0.15, 0.2) is 48.5 Å². The van der Waals surface area contributed by atoms with Crippen molar-refractivity contribution in [2.24, 2.45) is 5.73 Å². The van der Waals surface area contributed by atoms with Crippen molar-refractivity contribution in [2.45, 2.75) is 25.9 Å². The molecule has 0 spiro atoms. The van der Waals surface area contributed by atoms with Gasteiger partial charge in [0, 0.05) is 6.54 Å². The summed E-state index contributed by atoms with van der Waals surface area (Å²) in [5.41, 5.74) is 8.21. The van der Waals surface area contributed by atoms with Crippen molar-refractivity contribution >= 4 is 5.91 Å². The van der Waals surface area contributed by atoms with Crippen LogP contribution in [0.4, 0.5) is 4.39 Å². The first-order valence-corrected chi connectivity index (χ1v) is 6.88. The van der Waals surface area contributed by atoms with Gasteiger partial charge in [-0.25, -0.2) is 4.39 Å². The third-order valence-corrected chi connectivity index (χ3v) is 3.34. The van der Waals surface area contributed by atoms with Crippen LogP contribution in [0.3, 0.4) is 0 Å². The summed E-state index contributed by atoms with van der Waals surface area (Å²) >= 11 is 0. The van der Waals surface area contributed by atoms with Crippen molar-refractivity contribution in [2.75, 3.05) is 0 Å². The molecule has 3 N–H and O–H groups in total. The summed E-state index contributed by atoms with van der Waals surface area (Å²) < 4.78 is 13.4. The quantitative estimate of drug-likeness (QED) is 0.886. The fourth-order valence-electron chi connectivity index (χ4n) is 2.03. The van der Waals surface area contributed by atoms with E-state index < -0.39 is 6.04 Å². The number of nitrogens with one attached hydrogen (secondary N) is 1. The zero-order valence-corrected chi connectivity index (χ0v) is 12.0. The molecule has 0 aliphatic rings. The molecule has 2 aromatic carbocycles. The number of rotatable bonds is 5. The Bertz CT molecular complexity index is 613. The Kier molecular flexibility index (Phi) is 5.06. The second-order valence-electron chi connectivity index (χ2n) is 5.10. The Morgan fingerprint density at radius 2 is 1.90 bits per heavy atom. The third kappa shape index (κ3) is 4.39. The fourth-order valence-corrected chi connectivity index (χ4v) is 2.03. The molecular weight excluding hydrogens is 267 g/mol. The van der Waals surface area contributed by atoms with E-state index in [1.54, 1.807) is 19.1 Å². The summed E-state index contributed by atoms with van der Waals surface area (Å²) in [6, 6.07) is 13.9. The van der Waals surface area contributed by atoms with Gasteiger partial charge in [0.25, 0.3) is 0 Å². The predicted octanol–water partition coefficient (Wildman–Crippen LogP) is 2.32. The summed E-state index contributed by atoms with van der Waals surface area (Å²) in [4.78, 5) is 11.9. The molecule has 4 heteroatoms. The highest BCUT2D eigenvalue weighted by Gasteiger charge is 2.13. The third-order valence-electron chi connectivity index (χ3n) is 3.34. The second-order valence-corrected chi connectivity index (χ2v) is 5.10. The number of carbonyl (C=O) groups excluding carboxylic acids is 1. The molecule has 2 aromatic rings. The molecule has 0 heterocycles. The summed E-state index contributed by atoms with van der Waals surface area (Å²) in [6.45, 7) is 1.98. The SMILES string of the molecule is Cc1ccc(CNC(=O)[C@@H](N)Cc2ccccc2)cc1F. The van der Waals surface area contributed by atoms with E-state index in [2.05, 4.69) is 5.32 Å². The first-order valence-electron chi connectivity index (χ1n) is 6.88.